The highest BCUT2D eigenvalue weighted by Gasteiger charge is 2.48. The van der Waals surface area contributed by atoms with Crippen molar-refractivity contribution in [1.82, 2.24) is 0 Å². The number of carbonyl (C=O) groups is 2. The minimum absolute atomic E-state index is 0.00688. The van der Waals surface area contributed by atoms with Crippen LogP contribution in [-0.2, 0) is 20.7 Å². The number of ether oxygens (including phenoxy) is 2. The van der Waals surface area contributed by atoms with Gasteiger partial charge in [-0.2, -0.15) is 0 Å². The Morgan fingerprint density at radius 1 is 0.441 bits per heavy atom. The van der Waals surface area contributed by atoms with E-state index in [4.69, 9.17) is 102 Å². The lowest BCUT2D eigenvalue weighted by molar-refractivity contribution is 0.0287. The summed E-state index contributed by atoms with van der Waals surface area (Å²) in [6.07, 6.45) is 30.9. The molecule has 0 amide bonds. The van der Waals surface area contributed by atoms with E-state index in [0.717, 1.165) is 63.3 Å². The molecule has 0 N–H and O–H groups in total. The predicted molar refractivity (Wildman–Crippen MR) is 394 cm³/mol. The number of rotatable bonds is 11. The van der Waals surface area contributed by atoms with Gasteiger partial charge in [0.25, 0.3) is 0 Å². The van der Waals surface area contributed by atoms with Crippen molar-refractivity contribution in [1.29, 1.82) is 0 Å². The van der Waals surface area contributed by atoms with Crippen LogP contribution in [0.25, 0.3) is 32.7 Å². The van der Waals surface area contributed by atoms with Crippen LogP contribution in [0.15, 0.2) is 239 Å². The zero-order valence-corrected chi connectivity index (χ0v) is 57.8. The number of benzene rings is 8. The highest BCUT2D eigenvalue weighted by atomic mass is 35.5. The molecule has 0 aromatic heterocycles. The summed E-state index contributed by atoms with van der Waals surface area (Å²) in [5, 5.41) is 7.26. The fraction of sp³-hybridized carbons (Fsp3) is 0.120. The van der Waals surface area contributed by atoms with E-state index >= 15 is 0 Å². The van der Waals surface area contributed by atoms with E-state index in [-0.39, 0.29) is 51.3 Å². The maximum atomic E-state index is 13.5. The monoisotopic (exact) mass is 1420 g/mol. The number of hydrogen-bond donors (Lipinski definition) is 0. The largest absolute Gasteiger partial charge is 0.442 e. The van der Waals surface area contributed by atoms with Crippen molar-refractivity contribution in [3.63, 3.8) is 0 Å². The molecule has 2 unspecified atom stereocenters. The van der Waals surface area contributed by atoms with Crippen LogP contribution in [0, 0.1) is 0 Å². The van der Waals surface area contributed by atoms with Crippen LogP contribution >= 0.6 is 116 Å². The number of nitrogens with zero attached hydrogens (tertiary/aromatic N) is 4. The van der Waals surface area contributed by atoms with E-state index in [1.807, 2.05) is 104 Å². The van der Waals surface area contributed by atoms with Crippen molar-refractivity contribution in [3.8, 4) is 0 Å². The van der Waals surface area contributed by atoms with E-state index < -0.39 is 23.1 Å². The normalized spacial score (nSPS) is 20.3. The zero-order valence-electron chi connectivity index (χ0n) is 50.2. The Balaban J connectivity index is 0.000000171. The summed E-state index contributed by atoms with van der Waals surface area (Å²) in [4.78, 5) is 38.0. The molecular weight excluding hydrogens is 1370 g/mol. The second kappa shape index (κ2) is 26.6. The summed E-state index contributed by atoms with van der Waals surface area (Å²) in [6, 6.07) is 41.8. The number of halogens is 8. The molecule has 0 bridgehead atoms. The number of fused-ring (bicyclic) bond motifs is 10. The SMILES string of the molecule is CCN1/C(=C/C=C/C2(/C=C/C=C3/Sc4ccc5ccccc5c4N3CC)OC(=O)c3c(Cl)c(Cl)c(Cl)c(Cl)c32)Sc2ccc3ccccc3c21.CCN1C=C/C(=C\C=C\C2(/C=C/C=C3/C=CN(C)c4ccccc43)OC(=O)c3c(Cl)c(Cl)c(Cl)c(Cl)c32)c2ccccc21. The first kappa shape index (κ1) is 64.5. The van der Waals surface area contributed by atoms with E-state index in [1.165, 1.54) is 42.7 Å². The van der Waals surface area contributed by atoms with Crippen LogP contribution in [0.4, 0.5) is 22.7 Å². The smallest absolute Gasteiger partial charge is 0.341 e. The lowest BCUT2D eigenvalue weighted by Gasteiger charge is -2.26. The Bertz CT molecular complexity index is 4690. The van der Waals surface area contributed by atoms with Gasteiger partial charge in [-0.1, -0.05) is 250 Å². The molecule has 0 aliphatic carbocycles. The van der Waals surface area contributed by atoms with Gasteiger partial charge < -0.3 is 29.1 Å². The summed E-state index contributed by atoms with van der Waals surface area (Å²) in [5.41, 5.74) is 6.87. The Kier molecular flexibility index (Phi) is 18.4. The number of allylic oxidation sites excluding steroid dienone is 12. The van der Waals surface area contributed by atoms with Gasteiger partial charge in [0.1, 0.15) is 0 Å². The second-order valence-electron chi connectivity index (χ2n) is 22.1. The molecule has 8 aromatic rings. The van der Waals surface area contributed by atoms with Crippen LogP contribution in [0.2, 0.25) is 40.2 Å². The van der Waals surface area contributed by atoms with Crippen molar-refractivity contribution in [3.05, 3.63) is 302 Å². The fourth-order valence-electron chi connectivity index (χ4n) is 12.5. The van der Waals surface area contributed by atoms with Gasteiger partial charge in [-0.3, -0.25) is 0 Å². The Morgan fingerprint density at radius 2 is 0.839 bits per heavy atom. The summed E-state index contributed by atoms with van der Waals surface area (Å²) in [7, 11) is 2.01. The quantitative estimate of drug-likeness (QED) is 0.0711. The molecule has 93 heavy (non-hydrogen) atoms. The highest BCUT2D eigenvalue weighted by molar-refractivity contribution is 8.04. The van der Waals surface area contributed by atoms with Gasteiger partial charge in [0.15, 0.2) is 11.2 Å². The molecule has 0 spiro atoms. The molecule has 14 rings (SSSR count). The first-order valence-corrected chi connectivity index (χ1v) is 34.4. The van der Waals surface area contributed by atoms with Crippen LogP contribution in [-0.4, -0.2) is 38.6 Å². The maximum absolute atomic E-state index is 13.5. The molecule has 0 saturated carbocycles. The van der Waals surface area contributed by atoms with Gasteiger partial charge in [0.2, 0.25) is 0 Å². The minimum atomic E-state index is -1.41. The molecule has 0 radical (unpaired) electrons. The standard InChI is InChI=1S/C40H28Cl4N2O2S2.C35H26Cl4N2O2/c1-3-45-29(49-27-19-17-23-11-5-7-13-25(23)37(27)45)15-9-21-40(32-31(39(47)48-40)33(41)35(43)36(44)34(32)42)22-10-16-30-46(4-2)38-26-14-8-6-12-24(26)18-20-28(38)50-30;1-3-41-21-17-23(25-13-5-7-15-27(25)41)11-9-19-35(29-28(34(42)43-35)30(36)32(38)33(39)31(29)37)18-8-10-22-16-20-40(2)26-14-6-4-12-24(22)26/h5-22H,3-4H2,1-2H3;4-21H,3H2,1-2H3/b21-9+,22-10+,29-15-,30-16+;18-8+,19-9+,22-10-,23-11+. The minimum Gasteiger partial charge on any atom is -0.442 e. The number of carbonyl (C=O) groups excluding carboxylic acids is 2. The first-order valence-electron chi connectivity index (χ1n) is 29.8. The average molecular weight is 1420 g/mol. The van der Waals surface area contributed by atoms with Crippen molar-refractivity contribution in [2.24, 2.45) is 0 Å². The van der Waals surface area contributed by atoms with Gasteiger partial charge in [-0.15, -0.1) is 0 Å². The third-order valence-electron chi connectivity index (χ3n) is 16.9. The van der Waals surface area contributed by atoms with E-state index in [0.29, 0.717) is 11.1 Å². The van der Waals surface area contributed by atoms with Gasteiger partial charge in [-0.05, 0) is 116 Å². The molecule has 8 nitrogen and oxygen atoms in total. The lowest BCUT2D eigenvalue weighted by Crippen LogP contribution is -2.21. The van der Waals surface area contributed by atoms with Crippen molar-refractivity contribution in [2.45, 2.75) is 41.8 Å². The number of esters is 2. The Morgan fingerprint density at radius 3 is 1.30 bits per heavy atom. The predicted octanol–water partition coefficient (Wildman–Crippen LogP) is 23.3. The summed E-state index contributed by atoms with van der Waals surface area (Å²) in [6.45, 7) is 8.80. The van der Waals surface area contributed by atoms with Gasteiger partial charge in [0, 0.05) is 93.3 Å². The third-order valence-corrected chi connectivity index (χ3v) is 22.7. The zero-order chi connectivity index (χ0) is 65.0. The van der Waals surface area contributed by atoms with E-state index in [1.54, 1.807) is 35.7 Å². The number of cyclic esters (lactones) is 2. The highest BCUT2D eigenvalue weighted by Crippen LogP contribution is 2.56. The average Bonchev–Trinajstić information content (AvgIpc) is 1.60. The van der Waals surface area contributed by atoms with Crippen molar-refractivity contribution >= 4 is 184 Å². The number of para-hydroxylation sites is 2. The molecule has 466 valence electrons. The summed E-state index contributed by atoms with van der Waals surface area (Å²) in [5.74, 6) is -1.27. The number of thioether (sulfide) groups is 2. The van der Waals surface area contributed by atoms with E-state index in [2.05, 4.69) is 150 Å². The van der Waals surface area contributed by atoms with Gasteiger partial charge in [0.05, 0.1) is 72.7 Å². The lowest BCUT2D eigenvalue weighted by atomic mass is 9.90. The molecule has 6 aliphatic heterocycles. The molecular formula is C75H54Cl8N4O4S2. The van der Waals surface area contributed by atoms with Gasteiger partial charge in [-0.25, -0.2) is 9.59 Å². The van der Waals surface area contributed by atoms with E-state index in [9.17, 15) is 9.59 Å². The van der Waals surface area contributed by atoms with Crippen LogP contribution in [0.1, 0.15) is 63.7 Å². The topological polar surface area (TPSA) is 65.6 Å². The third kappa shape index (κ3) is 11.5. The number of hydrogen-bond acceptors (Lipinski definition) is 10. The molecule has 6 heterocycles. The molecule has 8 aromatic carbocycles. The Labute approximate surface area is 588 Å². The maximum Gasteiger partial charge on any atom is 0.341 e. The van der Waals surface area contributed by atoms with Crippen LogP contribution in [0.5, 0.6) is 0 Å². The van der Waals surface area contributed by atoms with Crippen molar-refractivity contribution < 1.29 is 19.1 Å². The molecule has 6 aliphatic rings. The molecule has 18 heteroatoms. The van der Waals surface area contributed by atoms with Crippen LogP contribution < -0.4 is 19.6 Å². The fourth-order valence-corrected chi connectivity index (χ4v) is 17.0. The molecule has 0 saturated heterocycles. The summed E-state index contributed by atoms with van der Waals surface area (Å²) >= 11 is 56.0. The summed E-state index contributed by atoms with van der Waals surface area (Å²) < 4.78 is 12.2. The number of anilines is 4. The first-order chi connectivity index (χ1) is 45.0. The molecule has 0 fully saturated rings. The Hall–Kier alpha value is -7.16. The van der Waals surface area contributed by atoms with Gasteiger partial charge >= 0.3 is 11.9 Å². The molecule has 2 atom stereocenters. The second-order valence-corrected chi connectivity index (χ2v) is 27.2. The van der Waals surface area contributed by atoms with Crippen LogP contribution in [0.3, 0.4) is 0 Å². The van der Waals surface area contributed by atoms with Crippen molar-refractivity contribution in [2.75, 3.05) is 46.3 Å².